The molecular weight excluding hydrogens is 366 g/mol. The fourth-order valence-corrected chi connectivity index (χ4v) is 3.99. The van der Waals surface area contributed by atoms with Crippen molar-refractivity contribution in [2.24, 2.45) is 0 Å². The lowest BCUT2D eigenvalue weighted by molar-refractivity contribution is 0.153. The van der Waals surface area contributed by atoms with Crippen molar-refractivity contribution in [1.82, 2.24) is 14.5 Å². The fraction of sp³-hybridized carbons (Fsp3) is 0.300. The molecule has 138 valence electrons. The minimum absolute atomic E-state index is 0.212. The van der Waals surface area contributed by atoms with Crippen molar-refractivity contribution in [2.75, 3.05) is 13.1 Å². The Morgan fingerprint density at radius 2 is 2.04 bits per heavy atom. The van der Waals surface area contributed by atoms with E-state index in [1.165, 1.54) is 0 Å². The summed E-state index contributed by atoms with van der Waals surface area (Å²) in [6, 6.07) is 13.0. The Hall–Kier alpha value is -2.57. The Bertz CT molecular complexity index is 1140. The van der Waals surface area contributed by atoms with E-state index in [1.54, 1.807) is 22.8 Å². The number of likely N-dealkylation sites (tertiary alicyclic amines) is 1. The second-order valence-electron chi connectivity index (χ2n) is 6.99. The van der Waals surface area contributed by atoms with Crippen LogP contribution in [0.1, 0.15) is 24.7 Å². The minimum Gasteiger partial charge on any atom is -0.440 e. The van der Waals surface area contributed by atoms with Crippen LogP contribution in [0.4, 0.5) is 0 Å². The molecule has 1 fully saturated rings. The van der Waals surface area contributed by atoms with Crippen LogP contribution < -0.4 is 5.76 Å². The van der Waals surface area contributed by atoms with Gasteiger partial charge in [-0.2, -0.15) is 0 Å². The first-order chi connectivity index (χ1) is 13.2. The van der Waals surface area contributed by atoms with E-state index in [0.29, 0.717) is 17.3 Å². The smallest absolute Gasteiger partial charge is 0.421 e. The van der Waals surface area contributed by atoms with Gasteiger partial charge < -0.3 is 8.83 Å². The number of aromatic nitrogens is 2. The number of para-hydroxylation sites is 2. The van der Waals surface area contributed by atoms with Gasteiger partial charge >= 0.3 is 5.76 Å². The number of hydrogen-bond acceptors (Lipinski definition) is 5. The number of benzene rings is 2. The summed E-state index contributed by atoms with van der Waals surface area (Å²) in [6.07, 6.45) is 2.05. The summed E-state index contributed by atoms with van der Waals surface area (Å²) in [6.45, 7) is 2.16. The molecule has 0 unspecified atom stereocenters. The van der Waals surface area contributed by atoms with Crippen LogP contribution >= 0.6 is 11.6 Å². The predicted octanol–water partition coefficient (Wildman–Crippen LogP) is 4.23. The van der Waals surface area contributed by atoms with Gasteiger partial charge in [-0.25, -0.2) is 9.78 Å². The molecule has 1 aliphatic heterocycles. The summed E-state index contributed by atoms with van der Waals surface area (Å²) in [5.41, 5.74) is 2.97. The van der Waals surface area contributed by atoms with Gasteiger partial charge in [-0.1, -0.05) is 23.7 Å². The molecule has 1 saturated heterocycles. The van der Waals surface area contributed by atoms with Crippen molar-refractivity contribution in [2.45, 2.75) is 25.4 Å². The third-order valence-corrected chi connectivity index (χ3v) is 5.37. The summed E-state index contributed by atoms with van der Waals surface area (Å²) in [7, 11) is 0. The largest absolute Gasteiger partial charge is 0.440 e. The molecule has 3 heterocycles. The number of piperidine rings is 1. The van der Waals surface area contributed by atoms with E-state index in [1.807, 2.05) is 24.3 Å². The van der Waals surface area contributed by atoms with E-state index in [2.05, 4.69) is 9.88 Å². The molecule has 2 aromatic carbocycles. The Labute approximate surface area is 159 Å². The zero-order valence-corrected chi connectivity index (χ0v) is 15.4. The predicted molar refractivity (Wildman–Crippen MR) is 103 cm³/mol. The quantitative estimate of drug-likeness (QED) is 0.529. The van der Waals surface area contributed by atoms with Crippen LogP contribution in [-0.2, 0) is 6.67 Å². The molecule has 1 atom stereocenters. The monoisotopic (exact) mass is 383 g/mol. The molecule has 7 heteroatoms. The topological polar surface area (TPSA) is 64.4 Å². The van der Waals surface area contributed by atoms with Crippen molar-refractivity contribution in [3.8, 4) is 0 Å². The van der Waals surface area contributed by atoms with Crippen molar-refractivity contribution in [3.05, 3.63) is 63.9 Å². The maximum atomic E-state index is 12.3. The summed E-state index contributed by atoms with van der Waals surface area (Å²) >= 11 is 6.09. The Morgan fingerprint density at radius 3 is 2.93 bits per heavy atom. The number of halogens is 1. The molecule has 0 bridgehead atoms. The van der Waals surface area contributed by atoms with Crippen molar-refractivity contribution in [3.63, 3.8) is 0 Å². The highest BCUT2D eigenvalue weighted by molar-refractivity contribution is 6.31. The van der Waals surface area contributed by atoms with Crippen molar-refractivity contribution >= 4 is 33.8 Å². The van der Waals surface area contributed by atoms with Crippen LogP contribution in [0.25, 0.3) is 22.2 Å². The molecule has 0 amide bonds. The number of nitrogens with zero attached hydrogens (tertiary/aromatic N) is 3. The normalized spacial score (nSPS) is 18.5. The van der Waals surface area contributed by atoms with Crippen LogP contribution in [0.3, 0.4) is 0 Å². The van der Waals surface area contributed by atoms with E-state index >= 15 is 0 Å². The van der Waals surface area contributed by atoms with Gasteiger partial charge in [-0.15, -0.1) is 0 Å². The van der Waals surface area contributed by atoms with Crippen molar-refractivity contribution < 1.29 is 8.83 Å². The molecular formula is C20H18ClN3O3. The highest BCUT2D eigenvalue weighted by atomic mass is 35.5. The van der Waals surface area contributed by atoms with Gasteiger partial charge in [0.25, 0.3) is 0 Å². The Morgan fingerprint density at radius 1 is 1.15 bits per heavy atom. The molecule has 27 heavy (non-hydrogen) atoms. The Kier molecular flexibility index (Phi) is 4.02. The molecule has 6 nitrogen and oxygen atoms in total. The lowest BCUT2D eigenvalue weighted by Crippen LogP contribution is -2.37. The van der Waals surface area contributed by atoms with E-state index in [9.17, 15) is 4.79 Å². The second kappa shape index (κ2) is 6.55. The van der Waals surface area contributed by atoms with Gasteiger partial charge in [0.1, 0.15) is 5.52 Å². The SMILES string of the molecule is O=c1oc2ccc(Cl)cc2n1CN1CCC[C@H](c2nc3ccccc3o2)C1. The standard InChI is InChI=1S/C20H18ClN3O3/c21-14-7-8-18-16(10-14)24(20(25)27-18)12-23-9-3-4-13(11-23)19-22-15-5-1-2-6-17(15)26-19/h1-2,5-8,10,13H,3-4,9,11-12H2/t13-/m0/s1. The van der Waals surface area contributed by atoms with Gasteiger partial charge in [0, 0.05) is 17.5 Å². The molecule has 0 spiro atoms. The highest BCUT2D eigenvalue weighted by Gasteiger charge is 2.26. The van der Waals surface area contributed by atoms with E-state index in [0.717, 1.165) is 48.4 Å². The van der Waals surface area contributed by atoms with Crippen molar-refractivity contribution in [1.29, 1.82) is 0 Å². The van der Waals surface area contributed by atoms with Gasteiger partial charge in [0.15, 0.2) is 17.1 Å². The average Bonchev–Trinajstić information content (AvgIpc) is 3.24. The van der Waals surface area contributed by atoms with Crippen LogP contribution in [0.5, 0.6) is 0 Å². The lowest BCUT2D eigenvalue weighted by atomic mass is 9.98. The first-order valence-corrected chi connectivity index (χ1v) is 9.42. The van der Waals surface area contributed by atoms with Crippen LogP contribution in [0, 0.1) is 0 Å². The van der Waals surface area contributed by atoms with Crippen LogP contribution in [-0.4, -0.2) is 27.5 Å². The highest BCUT2D eigenvalue weighted by Crippen LogP contribution is 2.29. The first-order valence-electron chi connectivity index (χ1n) is 9.04. The second-order valence-corrected chi connectivity index (χ2v) is 7.42. The zero-order chi connectivity index (χ0) is 18.4. The number of fused-ring (bicyclic) bond motifs is 2. The van der Waals surface area contributed by atoms with Gasteiger partial charge in [-0.05, 0) is 49.7 Å². The van der Waals surface area contributed by atoms with E-state index < -0.39 is 0 Å². The average molecular weight is 384 g/mol. The number of rotatable bonds is 3. The molecule has 0 aliphatic carbocycles. The maximum absolute atomic E-state index is 12.3. The van der Waals surface area contributed by atoms with E-state index in [4.69, 9.17) is 20.4 Å². The molecule has 0 radical (unpaired) electrons. The Balaban J connectivity index is 1.41. The molecule has 4 aromatic rings. The minimum atomic E-state index is -0.365. The summed E-state index contributed by atoms with van der Waals surface area (Å²) in [4.78, 5) is 19.2. The zero-order valence-electron chi connectivity index (χ0n) is 14.6. The van der Waals surface area contributed by atoms with Gasteiger partial charge in [0.05, 0.1) is 12.2 Å². The molecule has 1 aliphatic rings. The molecule has 5 rings (SSSR count). The molecule has 0 N–H and O–H groups in total. The molecule has 2 aromatic heterocycles. The molecule has 0 saturated carbocycles. The number of hydrogen-bond donors (Lipinski definition) is 0. The van der Waals surface area contributed by atoms with E-state index in [-0.39, 0.29) is 11.7 Å². The van der Waals surface area contributed by atoms with Crippen LogP contribution in [0.15, 0.2) is 56.1 Å². The van der Waals surface area contributed by atoms with Gasteiger partial charge in [0.2, 0.25) is 0 Å². The third-order valence-electron chi connectivity index (χ3n) is 5.14. The lowest BCUT2D eigenvalue weighted by Gasteiger charge is -2.31. The summed E-state index contributed by atoms with van der Waals surface area (Å²) in [5.74, 6) is 0.619. The third kappa shape index (κ3) is 3.05. The van der Waals surface area contributed by atoms with Crippen LogP contribution in [0.2, 0.25) is 5.02 Å². The number of oxazole rings is 2. The summed E-state index contributed by atoms with van der Waals surface area (Å²) < 4.78 is 12.9. The first kappa shape index (κ1) is 16.6. The fourth-order valence-electron chi connectivity index (χ4n) is 3.82. The summed E-state index contributed by atoms with van der Waals surface area (Å²) in [5, 5.41) is 0.583. The maximum Gasteiger partial charge on any atom is 0.421 e. The van der Waals surface area contributed by atoms with Gasteiger partial charge in [-0.3, -0.25) is 9.47 Å².